The Morgan fingerprint density at radius 3 is 2.32 bits per heavy atom. The first-order valence-corrected chi connectivity index (χ1v) is 8.83. The number of para-hydroxylation sites is 2. The van der Waals surface area contributed by atoms with Crippen molar-refractivity contribution >= 4 is 17.6 Å². The van der Waals surface area contributed by atoms with Gasteiger partial charge in [-0.15, -0.1) is 0 Å². The molecule has 0 fully saturated rings. The van der Waals surface area contributed by atoms with Crippen molar-refractivity contribution in [1.82, 2.24) is 4.98 Å². The van der Waals surface area contributed by atoms with E-state index >= 15 is 0 Å². The summed E-state index contributed by atoms with van der Waals surface area (Å²) in [6.45, 7) is 5.44. The Kier molecular flexibility index (Phi) is 5.49. The molecule has 0 saturated carbocycles. The maximum absolute atomic E-state index is 12.8. The van der Waals surface area contributed by atoms with Crippen molar-refractivity contribution in [2.45, 2.75) is 20.8 Å². The van der Waals surface area contributed by atoms with Gasteiger partial charge in [0.1, 0.15) is 11.4 Å². The van der Waals surface area contributed by atoms with E-state index in [4.69, 9.17) is 9.47 Å². The summed E-state index contributed by atoms with van der Waals surface area (Å²) in [4.78, 5) is 27.7. The standard InChI is InChI=1S/C22H22N2O4/c1-13-9-11-16(12-10-13)28-18-8-6-5-7-17(18)24-21(25)20-14(2)19(15(3)23-20)22(26)27-4/h5-12,23H,1-4H3,(H,24,25). The summed E-state index contributed by atoms with van der Waals surface area (Å²) in [5.74, 6) is 0.352. The minimum absolute atomic E-state index is 0.308. The van der Waals surface area contributed by atoms with Crippen LogP contribution in [0.5, 0.6) is 11.5 Å². The first-order valence-electron chi connectivity index (χ1n) is 8.83. The highest BCUT2D eigenvalue weighted by Gasteiger charge is 2.23. The SMILES string of the molecule is COC(=O)c1c(C)[nH]c(C(=O)Nc2ccccc2Oc2ccc(C)cc2)c1C. The summed E-state index contributed by atoms with van der Waals surface area (Å²) >= 11 is 0. The first-order chi connectivity index (χ1) is 13.4. The van der Waals surface area contributed by atoms with Gasteiger partial charge in [-0.05, 0) is 50.6 Å². The second-order valence-corrected chi connectivity index (χ2v) is 6.48. The molecule has 28 heavy (non-hydrogen) atoms. The number of carbonyl (C=O) groups is 2. The lowest BCUT2D eigenvalue weighted by atomic mass is 10.1. The van der Waals surface area contributed by atoms with Crippen LogP contribution < -0.4 is 10.1 Å². The summed E-state index contributed by atoms with van der Waals surface area (Å²) in [7, 11) is 1.31. The molecule has 1 aromatic heterocycles. The zero-order valence-corrected chi connectivity index (χ0v) is 16.3. The lowest BCUT2D eigenvalue weighted by Gasteiger charge is -2.12. The fraction of sp³-hybridized carbons (Fsp3) is 0.182. The molecule has 2 N–H and O–H groups in total. The van der Waals surface area contributed by atoms with Gasteiger partial charge in [0.15, 0.2) is 5.75 Å². The fourth-order valence-electron chi connectivity index (χ4n) is 2.96. The Morgan fingerprint density at radius 2 is 1.64 bits per heavy atom. The number of amides is 1. The van der Waals surface area contributed by atoms with Crippen LogP contribution in [0.4, 0.5) is 5.69 Å². The second kappa shape index (κ2) is 8.00. The van der Waals surface area contributed by atoms with Crippen molar-refractivity contribution in [2.75, 3.05) is 12.4 Å². The van der Waals surface area contributed by atoms with Crippen LogP contribution in [-0.2, 0) is 4.74 Å². The summed E-state index contributed by atoms with van der Waals surface area (Å²) in [6, 6.07) is 14.8. The highest BCUT2D eigenvalue weighted by atomic mass is 16.5. The van der Waals surface area contributed by atoms with Crippen molar-refractivity contribution in [3.8, 4) is 11.5 Å². The Hall–Kier alpha value is -3.54. The number of aryl methyl sites for hydroxylation is 2. The number of nitrogens with one attached hydrogen (secondary N) is 2. The smallest absolute Gasteiger partial charge is 0.339 e. The third-order valence-corrected chi connectivity index (χ3v) is 4.44. The van der Waals surface area contributed by atoms with Gasteiger partial charge < -0.3 is 19.8 Å². The molecule has 0 atom stereocenters. The topological polar surface area (TPSA) is 80.4 Å². The molecule has 3 rings (SSSR count). The lowest BCUT2D eigenvalue weighted by molar-refractivity contribution is 0.0599. The van der Waals surface area contributed by atoms with Gasteiger partial charge in [-0.1, -0.05) is 29.8 Å². The minimum Gasteiger partial charge on any atom is -0.465 e. The Balaban J connectivity index is 1.85. The number of esters is 1. The lowest BCUT2D eigenvalue weighted by Crippen LogP contribution is -2.14. The molecule has 1 heterocycles. The van der Waals surface area contributed by atoms with Crippen LogP contribution in [0.25, 0.3) is 0 Å². The Bertz CT molecular complexity index is 1020. The van der Waals surface area contributed by atoms with Crippen molar-refractivity contribution < 1.29 is 19.1 Å². The molecule has 0 radical (unpaired) electrons. The van der Waals surface area contributed by atoms with Crippen LogP contribution in [0.1, 0.15) is 37.7 Å². The van der Waals surface area contributed by atoms with Gasteiger partial charge in [0, 0.05) is 5.69 Å². The van der Waals surface area contributed by atoms with E-state index in [0.29, 0.717) is 39.7 Å². The monoisotopic (exact) mass is 378 g/mol. The summed E-state index contributed by atoms with van der Waals surface area (Å²) in [5.41, 5.74) is 3.46. The zero-order chi connectivity index (χ0) is 20.3. The number of hydrogen-bond acceptors (Lipinski definition) is 4. The van der Waals surface area contributed by atoms with Crippen molar-refractivity contribution in [3.05, 3.63) is 76.6 Å². The van der Waals surface area contributed by atoms with Gasteiger partial charge >= 0.3 is 5.97 Å². The second-order valence-electron chi connectivity index (χ2n) is 6.48. The molecule has 0 bridgehead atoms. The van der Waals surface area contributed by atoms with Crippen LogP contribution in [0.3, 0.4) is 0 Å². The van der Waals surface area contributed by atoms with Gasteiger partial charge in [0.2, 0.25) is 0 Å². The Labute approximate surface area is 163 Å². The maximum Gasteiger partial charge on any atom is 0.339 e. The van der Waals surface area contributed by atoms with E-state index in [1.165, 1.54) is 7.11 Å². The molecule has 0 saturated heterocycles. The predicted molar refractivity (Wildman–Crippen MR) is 107 cm³/mol. The number of H-pyrrole nitrogens is 1. The molecule has 0 aliphatic rings. The summed E-state index contributed by atoms with van der Waals surface area (Å²) < 4.78 is 10.7. The van der Waals surface area contributed by atoms with Gasteiger partial charge in [-0.25, -0.2) is 4.79 Å². The largest absolute Gasteiger partial charge is 0.465 e. The van der Waals surface area contributed by atoms with Gasteiger partial charge in [-0.2, -0.15) is 0 Å². The number of benzene rings is 2. The van der Waals surface area contributed by atoms with Crippen LogP contribution in [0.15, 0.2) is 48.5 Å². The summed E-state index contributed by atoms with van der Waals surface area (Å²) in [5, 5.41) is 2.85. The highest BCUT2D eigenvalue weighted by Crippen LogP contribution is 2.30. The number of hydrogen-bond donors (Lipinski definition) is 2. The van der Waals surface area contributed by atoms with E-state index in [-0.39, 0.29) is 5.91 Å². The third-order valence-electron chi connectivity index (χ3n) is 4.44. The van der Waals surface area contributed by atoms with E-state index < -0.39 is 5.97 Å². The minimum atomic E-state index is -0.478. The van der Waals surface area contributed by atoms with Crippen LogP contribution in [0, 0.1) is 20.8 Å². The molecule has 3 aromatic rings. The normalized spacial score (nSPS) is 10.4. The number of rotatable bonds is 5. The first kappa shape index (κ1) is 19.2. The quantitative estimate of drug-likeness (QED) is 0.627. The number of anilines is 1. The van der Waals surface area contributed by atoms with E-state index in [2.05, 4.69) is 10.3 Å². The molecule has 0 unspecified atom stereocenters. The Morgan fingerprint density at radius 1 is 0.964 bits per heavy atom. The van der Waals surface area contributed by atoms with Gasteiger partial charge in [-0.3, -0.25) is 4.79 Å². The molecule has 0 aliphatic carbocycles. The number of carbonyl (C=O) groups excluding carboxylic acids is 2. The molecule has 144 valence electrons. The molecule has 0 aliphatic heterocycles. The van der Waals surface area contributed by atoms with Crippen molar-refractivity contribution in [2.24, 2.45) is 0 Å². The third kappa shape index (κ3) is 3.91. The van der Waals surface area contributed by atoms with E-state index in [9.17, 15) is 9.59 Å². The summed E-state index contributed by atoms with van der Waals surface area (Å²) in [6.07, 6.45) is 0. The van der Waals surface area contributed by atoms with Gasteiger partial charge in [0.05, 0.1) is 18.4 Å². The molecule has 6 heteroatoms. The van der Waals surface area contributed by atoms with Crippen molar-refractivity contribution in [3.63, 3.8) is 0 Å². The molecular weight excluding hydrogens is 356 g/mol. The number of ether oxygens (including phenoxy) is 2. The number of methoxy groups -OCH3 is 1. The van der Waals surface area contributed by atoms with Crippen LogP contribution >= 0.6 is 0 Å². The van der Waals surface area contributed by atoms with E-state index in [0.717, 1.165) is 5.56 Å². The molecular formula is C22H22N2O4. The zero-order valence-electron chi connectivity index (χ0n) is 16.3. The molecule has 6 nitrogen and oxygen atoms in total. The molecule has 0 spiro atoms. The molecule has 2 aromatic carbocycles. The fourth-order valence-corrected chi connectivity index (χ4v) is 2.96. The highest BCUT2D eigenvalue weighted by molar-refractivity contribution is 6.07. The average molecular weight is 378 g/mol. The van der Waals surface area contributed by atoms with Crippen molar-refractivity contribution in [1.29, 1.82) is 0 Å². The predicted octanol–water partition coefficient (Wildman–Crippen LogP) is 4.77. The maximum atomic E-state index is 12.8. The molecule has 1 amide bonds. The van der Waals surface area contributed by atoms with Crippen LogP contribution in [-0.4, -0.2) is 24.0 Å². The van der Waals surface area contributed by atoms with Gasteiger partial charge in [0.25, 0.3) is 5.91 Å². The number of aromatic nitrogens is 1. The van der Waals surface area contributed by atoms with E-state index in [1.807, 2.05) is 43.3 Å². The average Bonchev–Trinajstić information content (AvgIpc) is 2.99. The number of aromatic amines is 1. The van der Waals surface area contributed by atoms with Crippen LogP contribution in [0.2, 0.25) is 0 Å². The van der Waals surface area contributed by atoms with E-state index in [1.54, 1.807) is 26.0 Å².